The van der Waals surface area contributed by atoms with E-state index in [0.717, 1.165) is 25.7 Å². The molecule has 1 saturated heterocycles. The Kier molecular flexibility index (Phi) is 3.53. The molecule has 1 heterocycles. The molecule has 1 fully saturated rings. The predicted octanol–water partition coefficient (Wildman–Crippen LogP) is 0.584. The lowest BCUT2D eigenvalue weighted by Gasteiger charge is -2.09. The van der Waals surface area contributed by atoms with Gasteiger partial charge in [0, 0.05) is 6.61 Å². The molecule has 1 rings (SSSR count). The fourth-order valence-electron chi connectivity index (χ4n) is 1.66. The molecule has 1 unspecified atom stereocenters. The van der Waals surface area contributed by atoms with Crippen LogP contribution in [0.4, 0.5) is 0 Å². The van der Waals surface area contributed by atoms with Gasteiger partial charge in [0.15, 0.2) is 0 Å². The molecule has 0 bridgehead atoms. The van der Waals surface area contributed by atoms with E-state index in [0.29, 0.717) is 17.4 Å². The molecular formula is C8H16O3S. The van der Waals surface area contributed by atoms with Crippen molar-refractivity contribution in [2.24, 2.45) is 5.92 Å². The van der Waals surface area contributed by atoms with Crippen molar-refractivity contribution < 1.29 is 13.5 Å². The minimum absolute atomic E-state index is 0.185. The summed E-state index contributed by atoms with van der Waals surface area (Å²) in [4.78, 5) is 0. The third-order valence-electron chi connectivity index (χ3n) is 2.44. The molecule has 0 aromatic carbocycles. The van der Waals surface area contributed by atoms with E-state index in [4.69, 9.17) is 5.11 Å². The average molecular weight is 192 g/mol. The molecule has 1 atom stereocenters. The van der Waals surface area contributed by atoms with Gasteiger partial charge in [-0.05, 0) is 31.6 Å². The highest BCUT2D eigenvalue weighted by atomic mass is 32.2. The van der Waals surface area contributed by atoms with Crippen molar-refractivity contribution in [3.05, 3.63) is 0 Å². The lowest BCUT2D eigenvalue weighted by molar-refractivity contribution is 0.250. The summed E-state index contributed by atoms with van der Waals surface area (Å²) in [6.45, 7) is 0.185. The molecule has 0 aromatic heterocycles. The van der Waals surface area contributed by atoms with E-state index >= 15 is 0 Å². The van der Waals surface area contributed by atoms with Crippen molar-refractivity contribution in [3.63, 3.8) is 0 Å². The summed E-state index contributed by atoms with van der Waals surface area (Å²) in [5, 5.41) is 8.69. The van der Waals surface area contributed by atoms with Crippen LogP contribution in [0.25, 0.3) is 0 Å². The van der Waals surface area contributed by atoms with Gasteiger partial charge in [-0.25, -0.2) is 8.42 Å². The van der Waals surface area contributed by atoms with Gasteiger partial charge in [-0.15, -0.1) is 0 Å². The molecule has 0 saturated carbocycles. The summed E-state index contributed by atoms with van der Waals surface area (Å²) < 4.78 is 22.3. The first-order valence-corrected chi connectivity index (χ1v) is 6.27. The second kappa shape index (κ2) is 4.23. The summed E-state index contributed by atoms with van der Waals surface area (Å²) in [6.07, 6.45) is 3.23. The Morgan fingerprint density at radius 2 is 2.00 bits per heavy atom. The van der Waals surface area contributed by atoms with Crippen LogP contribution in [0, 0.1) is 5.92 Å². The van der Waals surface area contributed by atoms with Gasteiger partial charge in [0.2, 0.25) is 0 Å². The van der Waals surface area contributed by atoms with Crippen LogP contribution in [0.3, 0.4) is 0 Å². The summed E-state index contributed by atoms with van der Waals surface area (Å²) in [7, 11) is -2.75. The van der Waals surface area contributed by atoms with Gasteiger partial charge >= 0.3 is 0 Å². The van der Waals surface area contributed by atoms with E-state index in [1.807, 2.05) is 0 Å². The minimum atomic E-state index is -2.75. The van der Waals surface area contributed by atoms with Crippen LogP contribution in [0.15, 0.2) is 0 Å². The summed E-state index contributed by atoms with van der Waals surface area (Å²) >= 11 is 0. The lowest BCUT2D eigenvalue weighted by atomic mass is 9.98. The molecular weight excluding hydrogens is 176 g/mol. The monoisotopic (exact) mass is 192 g/mol. The fraction of sp³-hybridized carbons (Fsp3) is 1.00. The van der Waals surface area contributed by atoms with Crippen molar-refractivity contribution in [3.8, 4) is 0 Å². The van der Waals surface area contributed by atoms with Crippen molar-refractivity contribution >= 4 is 9.84 Å². The lowest BCUT2D eigenvalue weighted by Crippen LogP contribution is -2.09. The van der Waals surface area contributed by atoms with E-state index in [2.05, 4.69) is 0 Å². The topological polar surface area (TPSA) is 54.4 Å². The molecule has 1 N–H and O–H groups in total. The number of rotatable bonds is 2. The Bertz CT molecular complexity index is 220. The Morgan fingerprint density at radius 1 is 1.25 bits per heavy atom. The van der Waals surface area contributed by atoms with Gasteiger partial charge in [0.05, 0.1) is 11.5 Å². The molecule has 0 aliphatic carbocycles. The van der Waals surface area contributed by atoms with Crippen LogP contribution in [0.1, 0.15) is 25.7 Å². The first kappa shape index (κ1) is 9.99. The summed E-state index contributed by atoms with van der Waals surface area (Å²) in [6, 6.07) is 0. The second-order valence-electron chi connectivity index (χ2n) is 3.46. The van der Waals surface area contributed by atoms with E-state index in [1.54, 1.807) is 0 Å². The largest absolute Gasteiger partial charge is 0.396 e. The summed E-state index contributed by atoms with van der Waals surface area (Å²) in [5.41, 5.74) is 0. The first-order chi connectivity index (χ1) is 5.64. The Hall–Kier alpha value is -0.0900. The quantitative estimate of drug-likeness (QED) is 0.696. The van der Waals surface area contributed by atoms with Crippen molar-refractivity contribution in [2.75, 3.05) is 18.1 Å². The van der Waals surface area contributed by atoms with E-state index in [9.17, 15) is 8.42 Å². The zero-order chi connectivity index (χ0) is 9.03. The van der Waals surface area contributed by atoms with Crippen LogP contribution in [0.2, 0.25) is 0 Å². The number of aliphatic hydroxyl groups excluding tert-OH is 1. The average Bonchev–Trinajstić information content (AvgIpc) is 2.14. The SMILES string of the molecule is O=S1(=O)CCCC(CCO)CC1. The van der Waals surface area contributed by atoms with E-state index in [1.165, 1.54) is 0 Å². The maximum atomic E-state index is 11.2. The predicted molar refractivity (Wildman–Crippen MR) is 47.7 cm³/mol. The standard InChI is InChI=1S/C8H16O3S/c9-5-3-8-2-1-6-12(10,11)7-4-8/h8-9H,1-7H2. The highest BCUT2D eigenvalue weighted by Gasteiger charge is 2.20. The molecule has 1 aliphatic heterocycles. The van der Waals surface area contributed by atoms with Crippen LogP contribution >= 0.6 is 0 Å². The Balaban J connectivity index is 2.45. The van der Waals surface area contributed by atoms with E-state index < -0.39 is 9.84 Å². The fourth-order valence-corrected chi connectivity index (χ4v) is 3.16. The molecule has 4 heteroatoms. The van der Waals surface area contributed by atoms with Gasteiger partial charge in [0.25, 0.3) is 0 Å². The second-order valence-corrected chi connectivity index (χ2v) is 5.76. The number of hydrogen-bond acceptors (Lipinski definition) is 3. The van der Waals surface area contributed by atoms with Crippen molar-refractivity contribution in [1.29, 1.82) is 0 Å². The zero-order valence-electron chi connectivity index (χ0n) is 7.20. The highest BCUT2D eigenvalue weighted by Crippen LogP contribution is 2.21. The third kappa shape index (κ3) is 3.11. The van der Waals surface area contributed by atoms with Gasteiger partial charge in [0.1, 0.15) is 9.84 Å². The van der Waals surface area contributed by atoms with Crippen LogP contribution < -0.4 is 0 Å². The highest BCUT2D eigenvalue weighted by molar-refractivity contribution is 7.91. The van der Waals surface area contributed by atoms with Gasteiger partial charge in [-0.3, -0.25) is 0 Å². The van der Waals surface area contributed by atoms with Gasteiger partial charge < -0.3 is 5.11 Å². The molecule has 72 valence electrons. The van der Waals surface area contributed by atoms with Gasteiger partial charge in [-0.1, -0.05) is 0 Å². The molecule has 0 radical (unpaired) electrons. The van der Waals surface area contributed by atoms with Crippen molar-refractivity contribution in [2.45, 2.75) is 25.7 Å². The van der Waals surface area contributed by atoms with Crippen LogP contribution in [-0.2, 0) is 9.84 Å². The molecule has 12 heavy (non-hydrogen) atoms. The maximum absolute atomic E-state index is 11.2. The van der Waals surface area contributed by atoms with Crippen LogP contribution in [0.5, 0.6) is 0 Å². The molecule has 3 nitrogen and oxygen atoms in total. The summed E-state index contributed by atoms with van der Waals surface area (Å²) in [5.74, 6) is 1.08. The number of hydrogen-bond donors (Lipinski definition) is 1. The minimum Gasteiger partial charge on any atom is -0.396 e. The van der Waals surface area contributed by atoms with E-state index in [-0.39, 0.29) is 6.61 Å². The van der Waals surface area contributed by atoms with Crippen molar-refractivity contribution in [1.82, 2.24) is 0 Å². The molecule has 0 amide bonds. The molecule has 1 aliphatic rings. The zero-order valence-corrected chi connectivity index (χ0v) is 8.02. The molecule has 0 aromatic rings. The number of sulfone groups is 1. The normalized spacial score (nSPS) is 29.6. The van der Waals surface area contributed by atoms with Gasteiger partial charge in [-0.2, -0.15) is 0 Å². The Labute approximate surface area is 73.7 Å². The molecule has 0 spiro atoms. The number of aliphatic hydroxyl groups is 1. The maximum Gasteiger partial charge on any atom is 0.150 e. The smallest absolute Gasteiger partial charge is 0.150 e. The Morgan fingerprint density at radius 3 is 2.67 bits per heavy atom. The first-order valence-electron chi connectivity index (χ1n) is 4.45. The third-order valence-corrected chi connectivity index (χ3v) is 4.21. The van der Waals surface area contributed by atoms with Crippen LogP contribution in [-0.4, -0.2) is 31.6 Å².